The van der Waals surface area contributed by atoms with Crippen LogP contribution in [0.15, 0.2) is 24.3 Å². The molecule has 0 N–H and O–H groups in total. The standard InChI is InChI=1S/C12H12N2O2/c1-9-4-2-3-5-11(9)14-7-10(6-13)16-8-12(14)15/h2-5,10H,7-8H2,1H3. The molecule has 1 aliphatic heterocycles. The third kappa shape index (κ3) is 1.90. The highest BCUT2D eigenvalue weighted by Gasteiger charge is 2.27. The summed E-state index contributed by atoms with van der Waals surface area (Å²) in [4.78, 5) is 13.3. The number of ether oxygens (including phenoxy) is 1. The lowest BCUT2D eigenvalue weighted by molar-refractivity contribution is -0.127. The van der Waals surface area contributed by atoms with Crippen molar-refractivity contribution in [2.24, 2.45) is 0 Å². The maximum Gasteiger partial charge on any atom is 0.253 e. The number of nitriles is 1. The van der Waals surface area contributed by atoms with Crippen LogP contribution in [-0.2, 0) is 9.53 Å². The quantitative estimate of drug-likeness (QED) is 0.710. The van der Waals surface area contributed by atoms with Crippen LogP contribution in [0.1, 0.15) is 5.56 Å². The average Bonchev–Trinajstić information content (AvgIpc) is 2.31. The summed E-state index contributed by atoms with van der Waals surface area (Å²) >= 11 is 0. The molecule has 0 bridgehead atoms. The van der Waals surface area contributed by atoms with Crippen LogP contribution in [0.4, 0.5) is 5.69 Å². The van der Waals surface area contributed by atoms with E-state index in [0.29, 0.717) is 6.54 Å². The van der Waals surface area contributed by atoms with Gasteiger partial charge in [-0.3, -0.25) is 4.79 Å². The summed E-state index contributed by atoms with van der Waals surface area (Å²) in [6.45, 7) is 2.23. The molecule has 1 heterocycles. The van der Waals surface area contributed by atoms with E-state index in [0.717, 1.165) is 11.3 Å². The van der Waals surface area contributed by atoms with Crippen LogP contribution >= 0.6 is 0 Å². The normalized spacial score (nSPS) is 20.6. The van der Waals surface area contributed by atoms with Gasteiger partial charge >= 0.3 is 0 Å². The molecule has 4 nitrogen and oxygen atoms in total. The van der Waals surface area contributed by atoms with Crippen molar-refractivity contribution in [1.82, 2.24) is 0 Å². The van der Waals surface area contributed by atoms with Crippen LogP contribution in [0.3, 0.4) is 0 Å². The highest BCUT2D eigenvalue weighted by molar-refractivity contribution is 5.95. The maximum atomic E-state index is 11.7. The first-order valence-corrected chi connectivity index (χ1v) is 5.09. The van der Waals surface area contributed by atoms with Crippen LogP contribution in [0.2, 0.25) is 0 Å². The summed E-state index contributed by atoms with van der Waals surface area (Å²) < 4.78 is 5.08. The number of benzene rings is 1. The number of morpholine rings is 1. The summed E-state index contributed by atoms with van der Waals surface area (Å²) in [6, 6.07) is 9.66. The fourth-order valence-electron chi connectivity index (χ4n) is 1.75. The third-order valence-corrected chi connectivity index (χ3v) is 2.61. The van der Waals surface area contributed by atoms with E-state index < -0.39 is 6.10 Å². The number of nitrogens with zero attached hydrogens (tertiary/aromatic N) is 2. The van der Waals surface area contributed by atoms with E-state index in [-0.39, 0.29) is 12.5 Å². The first-order chi connectivity index (χ1) is 7.72. The Kier molecular flexibility index (Phi) is 2.88. The van der Waals surface area contributed by atoms with Gasteiger partial charge in [-0.15, -0.1) is 0 Å². The molecule has 1 unspecified atom stereocenters. The fraction of sp³-hybridized carbons (Fsp3) is 0.333. The van der Waals surface area contributed by atoms with E-state index in [1.165, 1.54) is 0 Å². The van der Waals surface area contributed by atoms with Crippen LogP contribution in [0, 0.1) is 18.3 Å². The topological polar surface area (TPSA) is 53.3 Å². The van der Waals surface area contributed by atoms with Crippen molar-refractivity contribution in [3.8, 4) is 6.07 Å². The van der Waals surface area contributed by atoms with Gasteiger partial charge in [-0.05, 0) is 18.6 Å². The van der Waals surface area contributed by atoms with Crippen molar-refractivity contribution in [3.63, 3.8) is 0 Å². The zero-order valence-corrected chi connectivity index (χ0v) is 9.01. The van der Waals surface area contributed by atoms with Crippen LogP contribution in [0.25, 0.3) is 0 Å². The zero-order valence-electron chi connectivity index (χ0n) is 9.01. The molecule has 82 valence electrons. The summed E-state index contributed by atoms with van der Waals surface area (Å²) in [6.07, 6.45) is -0.530. The van der Waals surface area contributed by atoms with Gasteiger partial charge in [0.15, 0.2) is 6.10 Å². The van der Waals surface area contributed by atoms with Crippen molar-refractivity contribution in [1.29, 1.82) is 5.26 Å². The summed E-state index contributed by atoms with van der Waals surface area (Å²) in [5.41, 5.74) is 1.88. The summed E-state index contributed by atoms with van der Waals surface area (Å²) in [7, 11) is 0. The van der Waals surface area contributed by atoms with Gasteiger partial charge in [-0.25, -0.2) is 0 Å². The molecule has 4 heteroatoms. The van der Waals surface area contributed by atoms with Gasteiger partial charge in [0.05, 0.1) is 12.6 Å². The van der Waals surface area contributed by atoms with Gasteiger partial charge in [0, 0.05) is 5.69 Å². The lowest BCUT2D eigenvalue weighted by Gasteiger charge is -2.30. The Morgan fingerprint density at radius 1 is 1.50 bits per heavy atom. The van der Waals surface area contributed by atoms with Crippen molar-refractivity contribution in [2.75, 3.05) is 18.1 Å². The minimum absolute atomic E-state index is 0.0213. The number of anilines is 1. The zero-order chi connectivity index (χ0) is 11.5. The molecule has 0 aromatic heterocycles. The Hall–Kier alpha value is -1.86. The Bertz CT molecular complexity index is 451. The molecule has 1 saturated heterocycles. The molecule has 0 saturated carbocycles. The predicted molar refractivity (Wildman–Crippen MR) is 58.9 cm³/mol. The highest BCUT2D eigenvalue weighted by Crippen LogP contribution is 2.22. The first kappa shape index (κ1) is 10.7. The van der Waals surface area contributed by atoms with Gasteiger partial charge in [0.25, 0.3) is 5.91 Å². The molecule has 0 radical (unpaired) electrons. The average molecular weight is 216 g/mol. The Balaban J connectivity index is 2.29. The van der Waals surface area contributed by atoms with Gasteiger partial charge in [-0.2, -0.15) is 5.26 Å². The number of hydrogen-bond acceptors (Lipinski definition) is 3. The van der Waals surface area contributed by atoms with Crippen molar-refractivity contribution >= 4 is 11.6 Å². The smallest absolute Gasteiger partial charge is 0.253 e. The van der Waals surface area contributed by atoms with E-state index in [2.05, 4.69) is 0 Å². The van der Waals surface area contributed by atoms with Gasteiger partial charge < -0.3 is 9.64 Å². The molecule has 1 atom stereocenters. The van der Waals surface area contributed by atoms with Gasteiger partial charge in [0.2, 0.25) is 0 Å². The van der Waals surface area contributed by atoms with E-state index in [1.54, 1.807) is 4.90 Å². The predicted octanol–water partition coefficient (Wildman–Crippen LogP) is 1.25. The molecule has 1 aromatic carbocycles. The Morgan fingerprint density at radius 2 is 2.25 bits per heavy atom. The molecular weight excluding hydrogens is 204 g/mol. The fourth-order valence-corrected chi connectivity index (χ4v) is 1.75. The van der Waals surface area contributed by atoms with Gasteiger partial charge in [-0.1, -0.05) is 18.2 Å². The highest BCUT2D eigenvalue weighted by atomic mass is 16.5. The van der Waals surface area contributed by atoms with Gasteiger partial charge in [0.1, 0.15) is 6.61 Å². The number of carbonyl (C=O) groups excluding carboxylic acids is 1. The second-order valence-corrected chi connectivity index (χ2v) is 3.72. The summed E-state index contributed by atoms with van der Waals surface area (Å²) in [5.74, 6) is -0.0965. The molecular formula is C12H12N2O2. The lowest BCUT2D eigenvalue weighted by atomic mass is 10.1. The number of aryl methyl sites for hydroxylation is 1. The molecule has 1 fully saturated rings. The summed E-state index contributed by atoms with van der Waals surface area (Å²) in [5, 5.41) is 8.80. The second-order valence-electron chi connectivity index (χ2n) is 3.72. The molecule has 16 heavy (non-hydrogen) atoms. The minimum Gasteiger partial charge on any atom is -0.352 e. The number of amides is 1. The molecule has 0 spiro atoms. The van der Waals surface area contributed by atoms with Crippen molar-refractivity contribution in [2.45, 2.75) is 13.0 Å². The second kappa shape index (κ2) is 4.33. The van der Waals surface area contributed by atoms with Crippen molar-refractivity contribution in [3.05, 3.63) is 29.8 Å². The van der Waals surface area contributed by atoms with Crippen LogP contribution in [0.5, 0.6) is 0 Å². The van der Waals surface area contributed by atoms with E-state index in [4.69, 9.17) is 10.00 Å². The van der Waals surface area contributed by atoms with Crippen LogP contribution < -0.4 is 4.90 Å². The first-order valence-electron chi connectivity index (χ1n) is 5.09. The third-order valence-electron chi connectivity index (χ3n) is 2.61. The number of para-hydroxylation sites is 1. The van der Waals surface area contributed by atoms with E-state index in [9.17, 15) is 4.79 Å². The molecule has 1 aliphatic rings. The van der Waals surface area contributed by atoms with E-state index in [1.807, 2.05) is 37.3 Å². The Morgan fingerprint density at radius 3 is 2.94 bits per heavy atom. The maximum absolute atomic E-state index is 11.7. The SMILES string of the molecule is Cc1ccccc1N1CC(C#N)OCC1=O. The molecule has 1 amide bonds. The van der Waals surface area contributed by atoms with Crippen LogP contribution in [-0.4, -0.2) is 25.2 Å². The molecule has 1 aromatic rings. The molecule has 0 aliphatic carbocycles. The minimum atomic E-state index is -0.530. The van der Waals surface area contributed by atoms with Crippen molar-refractivity contribution < 1.29 is 9.53 Å². The Labute approximate surface area is 94.0 Å². The largest absolute Gasteiger partial charge is 0.352 e. The molecule has 2 rings (SSSR count). The number of carbonyl (C=O) groups is 1. The monoisotopic (exact) mass is 216 g/mol. The van der Waals surface area contributed by atoms with E-state index >= 15 is 0 Å². The lowest BCUT2D eigenvalue weighted by Crippen LogP contribution is -2.46. The number of hydrogen-bond donors (Lipinski definition) is 0. The number of rotatable bonds is 1.